The molecule has 0 saturated carbocycles. The molecule has 1 radical (unpaired) electrons. The van der Waals surface area contributed by atoms with Gasteiger partial charge in [0.2, 0.25) is 0 Å². The summed E-state index contributed by atoms with van der Waals surface area (Å²) in [5.41, 5.74) is 0. The van der Waals surface area contributed by atoms with E-state index in [0.29, 0.717) is 0 Å². The lowest BCUT2D eigenvalue weighted by Crippen LogP contribution is -1.44. The molecule has 0 saturated heterocycles. The zero-order chi connectivity index (χ0) is 4.28. The van der Waals surface area contributed by atoms with Crippen molar-refractivity contribution < 1.29 is 0 Å². The van der Waals surface area contributed by atoms with Crippen LogP contribution in [0, 0.1) is 6.92 Å². The Labute approximate surface area is 46.4 Å². The molecule has 0 aromatic carbocycles. The Morgan fingerprint density at radius 3 is 2.20 bits per heavy atom. The van der Waals surface area contributed by atoms with E-state index in [-0.39, 0.29) is 0 Å². The predicted molar refractivity (Wildman–Crippen MR) is 33.1 cm³/mol. The van der Waals surface area contributed by atoms with Crippen LogP contribution in [0.4, 0.5) is 0 Å². The molecule has 5 heavy (non-hydrogen) atoms. The first-order valence-corrected chi connectivity index (χ1v) is 2.49. The van der Waals surface area contributed by atoms with Gasteiger partial charge in [-0.3, -0.25) is 0 Å². The minimum atomic E-state index is 1.10. The highest BCUT2D eigenvalue weighted by Crippen LogP contribution is 1.98. The Morgan fingerprint density at radius 1 is 2.00 bits per heavy atom. The molecule has 0 aromatic heterocycles. The Bertz CT molecular complexity index is 41.6. The van der Waals surface area contributed by atoms with Crippen molar-refractivity contribution in [3.05, 3.63) is 16.6 Å². The van der Waals surface area contributed by atoms with Crippen molar-refractivity contribution in [1.82, 2.24) is 0 Å². The molecule has 0 aliphatic carbocycles. The molecule has 0 atom stereocenters. The number of halogens is 1. The van der Waals surface area contributed by atoms with Gasteiger partial charge in [0.25, 0.3) is 0 Å². The molecule has 0 aromatic rings. The van der Waals surface area contributed by atoms with E-state index in [4.69, 9.17) is 0 Å². The van der Waals surface area contributed by atoms with Crippen molar-refractivity contribution in [2.24, 2.45) is 0 Å². The molecule has 0 spiro atoms. The van der Waals surface area contributed by atoms with E-state index in [1.54, 1.807) is 0 Å². The molecular weight excluding hydrogens is 175 g/mol. The van der Waals surface area contributed by atoms with E-state index in [2.05, 4.69) is 29.5 Å². The summed E-state index contributed by atoms with van der Waals surface area (Å²) in [6, 6.07) is 0. The maximum atomic E-state index is 3.60. The third kappa shape index (κ3) is 4.47. The molecule has 0 bridgehead atoms. The van der Waals surface area contributed by atoms with Crippen LogP contribution in [-0.2, 0) is 0 Å². The van der Waals surface area contributed by atoms with Crippen LogP contribution in [0.3, 0.4) is 0 Å². The van der Waals surface area contributed by atoms with Crippen LogP contribution in [0.15, 0.2) is 9.66 Å². The van der Waals surface area contributed by atoms with Crippen LogP contribution in [-0.4, -0.2) is 0 Å². The van der Waals surface area contributed by atoms with Crippen LogP contribution in [0.5, 0.6) is 0 Å². The Hall–Kier alpha value is 0.470. The topological polar surface area (TPSA) is 0 Å². The van der Waals surface area contributed by atoms with Gasteiger partial charge in [0.15, 0.2) is 0 Å². The van der Waals surface area contributed by atoms with Gasteiger partial charge in [-0.25, -0.2) is 0 Å². The lowest BCUT2D eigenvalue weighted by atomic mass is 10.6. The summed E-state index contributed by atoms with van der Waals surface area (Å²) < 4.78 is 1.10. The van der Waals surface area contributed by atoms with Gasteiger partial charge < -0.3 is 0 Å². The molecule has 29 valence electrons. The lowest BCUT2D eigenvalue weighted by Gasteiger charge is -1.70. The molecule has 1 heteroatoms. The van der Waals surface area contributed by atoms with Crippen molar-refractivity contribution in [3.63, 3.8) is 0 Å². The van der Waals surface area contributed by atoms with Crippen LogP contribution in [0.2, 0.25) is 0 Å². The number of rotatable bonds is 0. The molecule has 0 amide bonds. The molecular formula is C4H6I. The summed E-state index contributed by atoms with van der Waals surface area (Å²) in [4.78, 5) is 0. The van der Waals surface area contributed by atoms with Gasteiger partial charge in [-0.05, 0) is 40.0 Å². The van der Waals surface area contributed by atoms with E-state index in [1.807, 2.05) is 13.0 Å². The first kappa shape index (κ1) is 5.47. The Balaban J connectivity index is 3.14. The average Bonchev–Trinajstić information content (AvgIpc) is 1.38. The van der Waals surface area contributed by atoms with Gasteiger partial charge in [0, 0.05) is 0 Å². The summed E-state index contributed by atoms with van der Waals surface area (Å²) in [7, 11) is 0. The second-order valence-electron chi connectivity index (χ2n) is 0.736. The minimum Gasteiger partial charge on any atom is -0.0783 e. The maximum absolute atomic E-state index is 3.60. The SMILES string of the molecule is [CH2]C(I)=CC. The zero-order valence-electron chi connectivity index (χ0n) is 3.16. The fourth-order valence-corrected chi connectivity index (χ4v) is 0. The molecule has 0 nitrogen and oxygen atoms in total. The van der Waals surface area contributed by atoms with Crippen molar-refractivity contribution in [1.29, 1.82) is 0 Å². The highest BCUT2D eigenvalue weighted by atomic mass is 127. The van der Waals surface area contributed by atoms with E-state index in [0.717, 1.165) is 3.58 Å². The van der Waals surface area contributed by atoms with E-state index < -0.39 is 0 Å². The first-order chi connectivity index (χ1) is 2.27. The number of allylic oxidation sites excluding steroid dienone is 2. The van der Waals surface area contributed by atoms with Gasteiger partial charge in [-0.1, -0.05) is 6.08 Å². The van der Waals surface area contributed by atoms with Gasteiger partial charge >= 0.3 is 0 Å². The van der Waals surface area contributed by atoms with Crippen molar-refractivity contribution in [2.75, 3.05) is 0 Å². The highest BCUT2D eigenvalue weighted by Gasteiger charge is 1.64. The van der Waals surface area contributed by atoms with Gasteiger partial charge in [-0.15, -0.1) is 0 Å². The van der Waals surface area contributed by atoms with Crippen molar-refractivity contribution >= 4 is 22.6 Å². The fraction of sp³-hybridized carbons (Fsp3) is 0.250. The largest absolute Gasteiger partial charge is 0.0783 e. The molecule has 0 rings (SSSR count). The highest BCUT2D eigenvalue weighted by molar-refractivity contribution is 14.1. The second kappa shape index (κ2) is 2.69. The van der Waals surface area contributed by atoms with Crippen molar-refractivity contribution in [2.45, 2.75) is 6.92 Å². The van der Waals surface area contributed by atoms with Crippen LogP contribution in [0.1, 0.15) is 6.92 Å². The number of hydrogen-bond acceptors (Lipinski definition) is 0. The summed E-state index contributed by atoms with van der Waals surface area (Å²) >= 11 is 2.16. The quantitative estimate of drug-likeness (QED) is 0.502. The molecule has 0 aliphatic heterocycles. The Kier molecular flexibility index (Phi) is 2.95. The van der Waals surface area contributed by atoms with Crippen LogP contribution in [0.25, 0.3) is 0 Å². The maximum Gasteiger partial charge on any atom is -0.0133 e. The van der Waals surface area contributed by atoms with E-state index in [1.165, 1.54) is 0 Å². The average molecular weight is 181 g/mol. The van der Waals surface area contributed by atoms with Gasteiger partial charge in [0.1, 0.15) is 0 Å². The normalized spacial score (nSPS) is 12.2. The summed E-state index contributed by atoms with van der Waals surface area (Å²) in [6.45, 7) is 5.57. The molecule has 0 N–H and O–H groups in total. The van der Waals surface area contributed by atoms with Crippen molar-refractivity contribution in [3.8, 4) is 0 Å². The third-order valence-corrected chi connectivity index (χ3v) is 0.936. The zero-order valence-corrected chi connectivity index (χ0v) is 5.32. The summed E-state index contributed by atoms with van der Waals surface area (Å²) in [5, 5.41) is 0. The first-order valence-electron chi connectivity index (χ1n) is 1.41. The summed E-state index contributed by atoms with van der Waals surface area (Å²) in [6.07, 6.45) is 1.96. The number of hydrogen-bond donors (Lipinski definition) is 0. The van der Waals surface area contributed by atoms with E-state index in [9.17, 15) is 0 Å². The monoisotopic (exact) mass is 181 g/mol. The standard InChI is InChI=1S/C4H6I/c1-3-4(2)5/h3H,2H2,1H3. The smallest absolute Gasteiger partial charge is 0.0133 e. The molecule has 0 fully saturated rings. The minimum absolute atomic E-state index is 1.10. The second-order valence-corrected chi connectivity index (χ2v) is 2.12. The molecule has 0 aliphatic rings. The van der Waals surface area contributed by atoms with Gasteiger partial charge in [0.05, 0.1) is 0 Å². The fourth-order valence-electron chi connectivity index (χ4n) is 0. The Morgan fingerprint density at radius 2 is 2.20 bits per heavy atom. The summed E-state index contributed by atoms with van der Waals surface area (Å²) in [5.74, 6) is 0. The van der Waals surface area contributed by atoms with Gasteiger partial charge in [-0.2, -0.15) is 0 Å². The predicted octanol–water partition coefficient (Wildman–Crippen LogP) is 2.16. The molecule has 0 unspecified atom stereocenters. The third-order valence-electron chi connectivity index (χ3n) is 0.313. The van der Waals surface area contributed by atoms with Crippen LogP contribution < -0.4 is 0 Å². The van der Waals surface area contributed by atoms with E-state index >= 15 is 0 Å². The van der Waals surface area contributed by atoms with Crippen LogP contribution >= 0.6 is 22.6 Å². The lowest BCUT2D eigenvalue weighted by molar-refractivity contribution is 1.73. The molecule has 0 heterocycles.